The van der Waals surface area contributed by atoms with E-state index in [1.807, 2.05) is 48.5 Å². The minimum Gasteiger partial charge on any atom is -0.437 e. The molecule has 0 atom stereocenters. The Morgan fingerprint density at radius 1 is 0.903 bits per heavy atom. The molecule has 0 radical (unpaired) electrons. The van der Waals surface area contributed by atoms with E-state index in [0.29, 0.717) is 5.88 Å². The lowest BCUT2D eigenvalue weighted by Crippen LogP contribution is -2.08. The number of rotatable bonds is 5. The minimum absolute atomic E-state index is 0.174. The fraction of sp³-hybridized carbons (Fsp3) is 0.0370. The molecule has 1 aromatic heterocycles. The third-order valence-electron chi connectivity index (χ3n) is 5.22. The number of hydrogen-bond acceptors (Lipinski definition) is 3. The number of hydrogen-bond donors (Lipinski definition) is 1. The maximum atomic E-state index is 12.4. The van der Waals surface area contributed by atoms with Gasteiger partial charge in [-0.1, -0.05) is 60.2 Å². The summed E-state index contributed by atoms with van der Waals surface area (Å²) in [6.07, 6.45) is 5.11. The van der Waals surface area contributed by atoms with Crippen LogP contribution in [0.3, 0.4) is 0 Å². The van der Waals surface area contributed by atoms with Gasteiger partial charge in [-0.2, -0.15) is 0 Å². The van der Waals surface area contributed by atoms with Crippen molar-refractivity contribution in [2.24, 2.45) is 0 Å². The lowest BCUT2D eigenvalue weighted by Gasteiger charge is -2.22. The van der Waals surface area contributed by atoms with E-state index in [4.69, 9.17) is 4.74 Å². The van der Waals surface area contributed by atoms with Crippen LogP contribution >= 0.6 is 0 Å². The fourth-order valence-electron chi connectivity index (χ4n) is 3.56. The number of carbonyl (C=O) groups is 1. The van der Waals surface area contributed by atoms with Crippen molar-refractivity contribution in [1.82, 2.24) is 4.98 Å². The first-order valence-corrected chi connectivity index (χ1v) is 10.1. The Morgan fingerprint density at radius 2 is 1.68 bits per heavy atom. The molecule has 0 spiro atoms. The Labute approximate surface area is 180 Å². The van der Waals surface area contributed by atoms with E-state index in [9.17, 15) is 4.79 Å². The summed E-state index contributed by atoms with van der Waals surface area (Å²) in [6.45, 7) is 2.08. The van der Waals surface area contributed by atoms with Crippen molar-refractivity contribution < 1.29 is 9.53 Å². The van der Waals surface area contributed by atoms with Crippen molar-refractivity contribution in [2.75, 3.05) is 5.32 Å². The fourth-order valence-corrected chi connectivity index (χ4v) is 3.56. The average molecular weight is 404 g/mol. The highest BCUT2D eigenvalue weighted by Crippen LogP contribution is 2.47. The van der Waals surface area contributed by atoms with E-state index in [2.05, 4.69) is 53.6 Å². The van der Waals surface area contributed by atoms with Gasteiger partial charge in [0.2, 0.25) is 11.8 Å². The van der Waals surface area contributed by atoms with Crippen molar-refractivity contribution in [1.29, 1.82) is 0 Å². The first kappa shape index (κ1) is 18.8. The standard InChI is InChI=1S/C27H20N2O2/c1-18-5-8-20(9-6-18)22-4-2-3-19(17-22)7-14-25(30)29-23-12-10-21(11-13-23)26-24-15-16-28-27(26)31-24/h2-17H,1H3,(H,29,30)/b14-7+. The summed E-state index contributed by atoms with van der Waals surface area (Å²) in [4.78, 5) is 16.6. The molecule has 2 bridgehead atoms. The van der Waals surface area contributed by atoms with Crippen LogP contribution in [0.25, 0.3) is 28.3 Å². The van der Waals surface area contributed by atoms with E-state index in [1.165, 1.54) is 5.56 Å². The van der Waals surface area contributed by atoms with Crippen LogP contribution in [0.15, 0.2) is 91.1 Å². The number of fused-ring (bicyclic) bond motifs is 2. The molecule has 0 saturated heterocycles. The molecule has 4 heteroatoms. The summed E-state index contributed by atoms with van der Waals surface area (Å²) in [5.41, 5.74) is 7.25. The Morgan fingerprint density at radius 3 is 2.39 bits per heavy atom. The van der Waals surface area contributed by atoms with E-state index in [1.54, 1.807) is 12.3 Å². The molecular formula is C27H20N2O2. The predicted octanol–water partition coefficient (Wildman–Crippen LogP) is 6.48. The van der Waals surface area contributed by atoms with Gasteiger partial charge in [0.1, 0.15) is 5.75 Å². The number of aromatic nitrogens is 1. The van der Waals surface area contributed by atoms with Crippen LogP contribution < -0.4 is 10.1 Å². The zero-order chi connectivity index (χ0) is 21.2. The maximum Gasteiger partial charge on any atom is 0.248 e. The van der Waals surface area contributed by atoms with Crippen LogP contribution in [-0.4, -0.2) is 10.9 Å². The summed E-state index contributed by atoms with van der Waals surface area (Å²) in [7, 11) is 0. The van der Waals surface area contributed by atoms with Crippen molar-refractivity contribution in [2.45, 2.75) is 6.92 Å². The zero-order valence-corrected chi connectivity index (χ0v) is 17.0. The summed E-state index contributed by atoms with van der Waals surface area (Å²) >= 11 is 0. The molecule has 2 heterocycles. The maximum absolute atomic E-state index is 12.4. The molecule has 4 nitrogen and oxygen atoms in total. The summed E-state index contributed by atoms with van der Waals surface area (Å²) in [5.74, 6) is 1.30. The molecule has 0 saturated carbocycles. The van der Waals surface area contributed by atoms with Gasteiger partial charge in [-0.3, -0.25) is 4.79 Å². The lowest BCUT2D eigenvalue weighted by atomic mass is 10.0. The Bertz CT molecular complexity index is 1270. The highest BCUT2D eigenvalue weighted by Gasteiger charge is 2.24. The van der Waals surface area contributed by atoms with Gasteiger partial charge in [-0.15, -0.1) is 0 Å². The predicted molar refractivity (Wildman–Crippen MR) is 124 cm³/mol. The second-order valence-electron chi connectivity index (χ2n) is 7.48. The van der Waals surface area contributed by atoms with Gasteiger partial charge in [-0.25, -0.2) is 4.98 Å². The number of aryl methyl sites for hydroxylation is 1. The van der Waals surface area contributed by atoms with E-state index < -0.39 is 0 Å². The Kier molecular flexibility index (Phi) is 4.81. The molecule has 1 amide bonds. The molecule has 0 fully saturated rings. The highest BCUT2D eigenvalue weighted by atomic mass is 16.5. The molecule has 0 aliphatic carbocycles. The molecule has 5 rings (SSSR count). The van der Waals surface area contributed by atoms with Gasteiger partial charge < -0.3 is 10.1 Å². The van der Waals surface area contributed by atoms with E-state index in [-0.39, 0.29) is 5.91 Å². The highest BCUT2D eigenvalue weighted by molar-refractivity contribution is 6.02. The van der Waals surface area contributed by atoms with E-state index in [0.717, 1.165) is 39.3 Å². The lowest BCUT2D eigenvalue weighted by molar-refractivity contribution is -0.111. The number of ether oxygens (including phenoxy) is 1. The molecule has 0 unspecified atom stereocenters. The van der Waals surface area contributed by atoms with Crippen molar-refractivity contribution in [3.05, 3.63) is 102 Å². The Balaban J connectivity index is 1.25. The van der Waals surface area contributed by atoms with Crippen molar-refractivity contribution in [3.63, 3.8) is 0 Å². The second-order valence-corrected chi connectivity index (χ2v) is 7.48. The topological polar surface area (TPSA) is 51.2 Å². The van der Waals surface area contributed by atoms with Gasteiger partial charge in [0.15, 0.2) is 0 Å². The van der Waals surface area contributed by atoms with Crippen molar-refractivity contribution >= 4 is 17.7 Å². The van der Waals surface area contributed by atoms with Crippen molar-refractivity contribution in [3.8, 4) is 33.9 Å². The van der Waals surface area contributed by atoms with Gasteiger partial charge in [0.05, 0.1) is 5.56 Å². The van der Waals surface area contributed by atoms with Crippen LogP contribution in [0, 0.1) is 6.92 Å². The summed E-state index contributed by atoms with van der Waals surface area (Å²) in [6, 6.07) is 26.1. The summed E-state index contributed by atoms with van der Waals surface area (Å²) in [5, 5.41) is 2.90. The SMILES string of the molecule is Cc1ccc(-c2cccc(/C=C/C(=O)Nc3ccc(-c4c5ccnc4O5)cc3)c2)cc1. The van der Waals surface area contributed by atoms with Gasteiger partial charge in [-0.05, 0) is 53.5 Å². The molecule has 150 valence electrons. The number of amides is 1. The zero-order valence-electron chi connectivity index (χ0n) is 17.0. The normalized spacial score (nSPS) is 11.6. The Hall–Kier alpha value is -4.18. The summed E-state index contributed by atoms with van der Waals surface area (Å²) < 4.78 is 5.42. The number of nitrogens with one attached hydrogen (secondary N) is 1. The molecule has 1 aliphatic rings. The first-order chi connectivity index (χ1) is 15.2. The molecule has 1 aliphatic heterocycles. The van der Waals surface area contributed by atoms with Crippen LogP contribution in [0.4, 0.5) is 5.69 Å². The van der Waals surface area contributed by atoms with Gasteiger partial charge in [0, 0.05) is 24.0 Å². The van der Waals surface area contributed by atoms with E-state index >= 15 is 0 Å². The van der Waals surface area contributed by atoms with Gasteiger partial charge >= 0.3 is 0 Å². The molecule has 4 aromatic rings. The number of pyridine rings is 1. The van der Waals surface area contributed by atoms with Gasteiger partial charge in [0.25, 0.3) is 0 Å². The number of carbonyl (C=O) groups excluding carboxylic acids is 1. The monoisotopic (exact) mass is 404 g/mol. The third kappa shape index (κ3) is 3.96. The quantitative estimate of drug-likeness (QED) is 0.341. The number of nitrogens with zero attached hydrogens (tertiary/aromatic N) is 1. The third-order valence-corrected chi connectivity index (χ3v) is 5.22. The first-order valence-electron chi connectivity index (χ1n) is 10.1. The molecule has 31 heavy (non-hydrogen) atoms. The minimum atomic E-state index is -0.174. The molecule has 1 N–H and O–H groups in total. The average Bonchev–Trinajstić information content (AvgIpc) is 2.80. The second kappa shape index (κ2) is 7.92. The van der Waals surface area contributed by atoms with Crippen LogP contribution in [0.1, 0.15) is 11.1 Å². The largest absolute Gasteiger partial charge is 0.437 e. The van der Waals surface area contributed by atoms with Crippen LogP contribution in [-0.2, 0) is 4.79 Å². The number of benzene rings is 3. The van der Waals surface area contributed by atoms with Crippen LogP contribution in [0.2, 0.25) is 0 Å². The smallest absolute Gasteiger partial charge is 0.248 e. The van der Waals surface area contributed by atoms with Crippen LogP contribution in [0.5, 0.6) is 11.6 Å². The number of anilines is 1. The molecule has 3 aromatic carbocycles. The molecular weight excluding hydrogens is 384 g/mol.